The molecule has 1 aromatic carbocycles. The molecule has 2 nitrogen and oxygen atoms in total. The van der Waals surface area contributed by atoms with E-state index in [0.29, 0.717) is 5.92 Å². The first-order chi connectivity index (χ1) is 9.33. The molecule has 0 unspecified atom stereocenters. The Bertz CT molecular complexity index is 390. The molecule has 3 rings (SSSR count). The smallest absolute Gasteiger partial charge is 0.0223 e. The Hall–Kier alpha value is -0.860. The minimum Gasteiger partial charge on any atom is -0.301 e. The highest BCUT2D eigenvalue weighted by Gasteiger charge is 2.29. The summed E-state index contributed by atoms with van der Waals surface area (Å²) in [5.74, 6) is 0.647. The van der Waals surface area contributed by atoms with Crippen molar-refractivity contribution in [2.24, 2.45) is 0 Å². The lowest BCUT2D eigenvalue weighted by Crippen LogP contribution is -2.38. The summed E-state index contributed by atoms with van der Waals surface area (Å²) in [6.07, 6.45) is 4.17. The van der Waals surface area contributed by atoms with Crippen molar-refractivity contribution in [3.63, 3.8) is 0 Å². The van der Waals surface area contributed by atoms with E-state index in [1.54, 1.807) is 0 Å². The molecule has 104 valence electrons. The number of rotatable bonds is 3. The summed E-state index contributed by atoms with van der Waals surface area (Å²) >= 11 is 0. The van der Waals surface area contributed by atoms with Crippen molar-refractivity contribution >= 4 is 0 Å². The summed E-state index contributed by atoms with van der Waals surface area (Å²) in [4.78, 5) is 5.42. The van der Waals surface area contributed by atoms with Crippen LogP contribution in [0.5, 0.6) is 0 Å². The van der Waals surface area contributed by atoms with E-state index in [1.165, 1.54) is 57.5 Å². The van der Waals surface area contributed by atoms with E-state index in [0.717, 1.165) is 6.04 Å². The fourth-order valence-electron chi connectivity index (χ4n) is 3.72. The minimum atomic E-state index is 0.647. The highest BCUT2D eigenvalue weighted by atomic mass is 15.3. The molecule has 2 aliphatic rings. The topological polar surface area (TPSA) is 6.48 Å². The SMILES string of the molecule is C[C@@H](CN1CCCN2CCC[C@H]2C1)c1ccccc1. The Kier molecular flexibility index (Phi) is 4.19. The van der Waals surface area contributed by atoms with Gasteiger partial charge >= 0.3 is 0 Å². The van der Waals surface area contributed by atoms with Crippen molar-refractivity contribution in [1.29, 1.82) is 0 Å². The molecule has 0 saturated carbocycles. The van der Waals surface area contributed by atoms with Crippen molar-refractivity contribution < 1.29 is 0 Å². The molecule has 0 aliphatic carbocycles. The van der Waals surface area contributed by atoms with E-state index in [9.17, 15) is 0 Å². The van der Waals surface area contributed by atoms with Gasteiger partial charge in [-0.2, -0.15) is 0 Å². The predicted octanol–water partition coefficient (Wildman–Crippen LogP) is 2.96. The van der Waals surface area contributed by atoms with E-state index in [1.807, 2.05) is 0 Å². The van der Waals surface area contributed by atoms with Crippen molar-refractivity contribution in [3.8, 4) is 0 Å². The summed E-state index contributed by atoms with van der Waals surface area (Å²) in [7, 11) is 0. The first-order valence-electron chi connectivity index (χ1n) is 7.84. The second-order valence-electron chi connectivity index (χ2n) is 6.26. The van der Waals surface area contributed by atoms with Gasteiger partial charge in [-0.05, 0) is 50.4 Å². The summed E-state index contributed by atoms with van der Waals surface area (Å²) < 4.78 is 0. The molecule has 2 aliphatic heterocycles. The number of hydrogen-bond donors (Lipinski definition) is 0. The molecular formula is C17H26N2. The first-order valence-corrected chi connectivity index (χ1v) is 7.84. The van der Waals surface area contributed by atoms with Crippen molar-refractivity contribution in [2.75, 3.05) is 32.7 Å². The lowest BCUT2D eigenvalue weighted by atomic mass is 10.0. The average molecular weight is 258 g/mol. The molecule has 0 N–H and O–H groups in total. The van der Waals surface area contributed by atoms with E-state index in [4.69, 9.17) is 0 Å². The molecule has 2 atom stereocenters. The van der Waals surface area contributed by atoms with Gasteiger partial charge in [0, 0.05) is 19.1 Å². The fourth-order valence-corrected chi connectivity index (χ4v) is 3.72. The Morgan fingerprint density at radius 1 is 1.11 bits per heavy atom. The van der Waals surface area contributed by atoms with Gasteiger partial charge in [0.1, 0.15) is 0 Å². The van der Waals surface area contributed by atoms with Gasteiger partial charge in [-0.15, -0.1) is 0 Å². The zero-order valence-corrected chi connectivity index (χ0v) is 12.1. The Labute approximate surface area is 117 Å². The Morgan fingerprint density at radius 2 is 1.89 bits per heavy atom. The van der Waals surface area contributed by atoms with E-state index in [2.05, 4.69) is 47.1 Å². The minimum absolute atomic E-state index is 0.647. The first kappa shape index (κ1) is 13.1. The molecule has 0 spiro atoms. The maximum Gasteiger partial charge on any atom is 0.0223 e. The Morgan fingerprint density at radius 3 is 2.74 bits per heavy atom. The van der Waals surface area contributed by atoms with Crippen LogP contribution in [0.25, 0.3) is 0 Å². The second-order valence-corrected chi connectivity index (χ2v) is 6.26. The van der Waals surface area contributed by atoms with Gasteiger partial charge in [0.05, 0.1) is 0 Å². The average Bonchev–Trinajstić information content (AvgIpc) is 2.79. The van der Waals surface area contributed by atoms with Crippen LogP contribution in [0, 0.1) is 0 Å². The molecule has 0 aromatic heterocycles. The zero-order chi connectivity index (χ0) is 13.1. The van der Waals surface area contributed by atoms with Gasteiger partial charge in [0.2, 0.25) is 0 Å². The van der Waals surface area contributed by atoms with Crippen molar-refractivity contribution in [2.45, 2.75) is 38.1 Å². The van der Waals surface area contributed by atoms with Gasteiger partial charge in [-0.1, -0.05) is 37.3 Å². The molecule has 2 saturated heterocycles. The predicted molar refractivity (Wildman–Crippen MR) is 80.5 cm³/mol. The van der Waals surface area contributed by atoms with Gasteiger partial charge in [-0.25, -0.2) is 0 Å². The van der Waals surface area contributed by atoms with Crippen LogP contribution in [0.15, 0.2) is 30.3 Å². The number of nitrogens with zero attached hydrogens (tertiary/aromatic N) is 2. The zero-order valence-electron chi connectivity index (χ0n) is 12.1. The lowest BCUT2D eigenvalue weighted by Gasteiger charge is -2.27. The molecule has 0 radical (unpaired) electrons. The number of benzene rings is 1. The molecule has 2 heteroatoms. The molecule has 2 heterocycles. The Balaban J connectivity index is 1.60. The molecule has 0 bridgehead atoms. The van der Waals surface area contributed by atoms with Crippen LogP contribution < -0.4 is 0 Å². The van der Waals surface area contributed by atoms with E-state index < -0.39 is 0 Å². The third-order valence-electron chi connectivity index (χ3n) is 4.79. The quantitative estimate of drug-likeness (QED) is 0.822. The fraction of sp³-hybridized carbons (Fsp3) is 0.647. The molecular weight excluding hydrogens is 232 g/mol. The second kappa shape index (κ2) is 6.06. The summed E-state index contributed by atoms with van der Waals surface area (Å²) in [5, 5.41) is 0. The molecule has 0 amide bonds. The number of hydrogen-bond acceptors (Lipinski definition) is 2. The van der Waals surface area contributed by atoms with Crippen molar-refractivity contribution in [3.05, 3.63) is 35.9 Å². The van der Waals surface area contributed by atoms with Crippen LogP contribution in [-0.4, -0.2) is 48.6 Å². The largest absolute Gasteiger partial charge is 0.301 e. The summed E-state index contributed by atoms with van der Waals surface area (Å²) in [5.41, 5.74) is 1.48. The summed E-state index contributed by atoms with van der Waals surface area (Å²) in [6.45, 7) is 8.82. The summed E-state index contributed by atoms with van der Waals surface area (Å²) in [6, 6.07) is 11.8. The van der Waals surface area contributed by atoms with E-state index >= 15 is 0 Å². The molecule has 19 heavy (non-hydrogen) atoms. The third kappa shape index (κ3) is 3.18. The van der Waals surface area contributed by atoms with Crippen molar-refractivity contribution in [1.82, 2.24) is 9.80 Å². The van der Waals surface area contributed by atoms with Crippen LogP contribution >= 0.6 is 0 Å². The van der Waals surface area contributed by atoms with Crippen LogP contribution in [0.4, 0.5) is 0 Å². The molecule has 2 fully saturated rings. The van der Waals surface area contributed by atoms with Gasteiger partial charge in [0.15, 0.2) is 0 Å². The third-order valence-corrected chi connectivity index (χ3v) is 4.79. The highest BCUT2D eigenvalue weighted by molar-refractivity contribution is 5.19. The lowest BCUT2D eigenvalue weighted by molar-refractivity contribution is 0.214. The maximum atomic E-state index is 2.72. The normalized spacial score (nSPS) is 26.9. The monoisotopic (exact) mass is 258 g/mol. The van der Waals surface area contributed by atoms with Gasteiger partial charge < -0.3 is 4.90 Å². The number of fused-ring (bicyclic) bond motifs is 1. The van der Waals surface area contributed by atoms with Crippen LogP contribution in [-0.2, 0) is 0 Å². The highest BCUT2D eigenvalue weighted by Crippen LogP contribution is 2.23. The van der Waals surface area contributed by atoms with Gasteiger partial charge in [0.25, 0.3) is 0 Å². The van der Waals surface area contributed by atoms with Crippen LogP contribution in [0.2, 0.25) is 0 Å². The van der Waals surface area contributed by atoms with Gasteiger partial charge in [-0.3, -0.25) is 4.90 Å². The maximum absolute atomic E-state index is 2.72. The molecule has 1 aromatic rings. The van der Waals surface area contributed by atoms with E-state index in [-0.39, 0.29) is 0 Å². The standard InChI is InChI=1S/C17H26N2/c1-15(16-7-3-2-4-8-16)13-18-10-6-12-19-11-5-9-17(19)14-18/h2-4,7-8,15,17H,5-6,9-14H2,1H3/t15-,17-/m0/s1. The van der Waals surface area contributed by atoms with Crippen LogP contribution in [0.1, 0.15) is 37.7 Å². The van der Waals surface area contributed by atoms with Crippen LogP contribution in [0.3, 0.4) is 0 Å².